The van der Waals surface area contributed by atoms with Gasteiger partial charge in [-0.3, -0.25) is 0 Å². The minimum Gasteiger partial charge on any atom is -0.458 e. The zero-order valence-corrected chi connectivity index (χ0v) is 7.83. The largest absolute Gasteiger partial charge is 0.458 e. The Bertz CT molecular complexity index is 415. The van der Waals surface area contributed by atoms with Gasteiger partial charge in [-0.05, 0) is 13.0 Å². The monoisotopic (exact) mass is 176 g/mol. The second-order valence-electron chi connectivity index (χ2n) is 3.08. The van der Waals surface area contributed by atoms with Crippen LogP contribution in [-0.4, -0.2) is 7.11 Å². The van der Waals surface area contributed by atoms with Gasteiger partial charge < -0.3 is 9.15 Å². The summed E-state index contributed by atoms with van der Waals surface area (Å²) in [5.41, 5.74) is 2.12. The van der Waals surface area contributed by atoms with Crippen LogP contribution in [0, 0.1) is 6.92 Å². The van der Waals surface area contributed by atoms with Crippen molar-refractivity contribution >= 4 is 11.0 Å². The molecule has 0 amide bonds. The number of hydrogen-bond donors (Lipinski definition) is 0. The van der Waals surface area contributed by atoms with Crippen molar-refractivity contribution in [2.75, 3.05) is 7.11 Å². The number of furan rings is 1. The van der Waals surface area contributed by atoms with Crippen molar-refractivity contribution in [2.45, 2.75) is 13.5 Å². The molecule has 0 bridgehead atoms. The Morgan fingerprint density at radius 3 is 2.77 bits per heavy atom. The summed E-state index contributed by atoms with van der Waals surface area (Å²) in [6.07, 6.45) is 0. The average molecular weight is 176 g/mol. The van der Waals surface area contributed by atoms with Gasteiger partial charge in [0.25, 0.3) is 0 Å². The van der Waals surface area contributed by atoms with Crippen LogP contribution in [0.15, 0.2) is 28.7 Å². The Labute approximate surface area is 77.1 Å². The Kier molecular flexibility index (Phi) is 2.07. The number of aryl methyl sites for hydroxylation is 1. The minimum atomic E-state index is 0.542. The lowest BCUT2D eigenvalue weighted by atomic mass is 10.1. The highest BCUT2D eigenvalue weighted by Crippen LogP contribution is 2.24. The van der Waals surface area contributed by atoms with Gasteiger partial charge in [-0.1, -0.05) is 18.2 Å². The fourth-order valence-corrected chi connectivity index (χ4v) is 1.49. The summed E-state index contributed by atoms with van der Waals surface area (Å²) < 4.78 is 10.7. The summed E-state index contributed by atoms with van der Waals surface area (Å²) in [7, 11) is 1.67. The van der Waals surface area contributed by atoms with Crippen molar-refractivity contribution in [1.82, 2.24) is 0 Å². The van der Waals surface area contributed by atoms with E-state index >= 15 is 0 Å². The third kappa shape index (κ3) is 1.33. The van der Waals surface area contributed by atoms with E-state index in [-0.39, 0.29) is 0 Å². The smallest absolute Gasteiger partial charge is 0.134 e. The van der Waals surface area contributed by atoms with Crippen molar-refractivity contribution < 1.29 is 9.15 Å². The normalized spacial score (nSPS) is 10.9. The van der Waals surface area contributed by atoms with Gasteiger partial charge in [0.05, 0.1) is 0 Å². The van der Waals surface area contributed by atoms with Gasteiger partial charge in [0.2, 0.25) is 0 Å². The maximum Gasteiger partial charge on any atom is 0.134 e. The number of para-hydroxylation sites is 1. The summed E-state index contributed by atoms with van der Waals surface area (Å²) in [5, 5.41) is 1.18. The zero-order chi connectivity index (χ0) is 9.26. The first-order chi connectivity index (χ1) is 6.33. The molecule has 0 fully saturated rings. The first kappa shape index (κ1) is 8.32. The summed E-state index contributed by atoms with van der Waals surface area (Å²) >= 11 is 0. The van der Waals surface area contributed by atoms with Crippen LogP contribution in [0.3, 0.4) is 0 Å². The highest BCUT2D eigenvalue weighted by molar-refractivity contribution is 5.81. The van der Waals surface area contributed by atoms with E-state index in [0.29, 0.717) is 6.61 Å². The zero-order valence-electron chi connectivity index (χ0n) is 7.83. The molecule has 68 valence electrons. The lowest BCUT2D eigenvalue weighted by Crippen LogP contribution is -1.85. The highest BCUT2D eigenvalue weighted by atomic mass is 16.5. The SMILES string of the molecule is COCc1oc2ccccc2c1C. The van der Waals surface area contributed by atoms with Crippen molar-refractivity contribution in [3.05, 3.63) is 35.6 Å². The van der Waals surface area contributed by atoms with Crippen LogP contribution in [-0.2, 0) is 11.3 Å². The van der Waals surface area contributed by atoms with Crippen LogP contribution in [0.2, 0.25) is 0 Å². The molecule has 0 spiro atoms. The Balaban J connectivity index is 2.60. The van der Waals surface area contributed by atoms with Crippen molar-refractivity contribution in [3.8, 4) is 0 Å². The van der Waals surface area contributed by atoms with Crippen LogP contribution in [0.25, 0.3) is 11.0 Å². The number of ether oxygens (including phenoxy) is 1. The molecule has 0 radical (unpaired) electrons. The third-order valence-electron chi connectivity index (χ3n) is 2.22. The molecule has 0 aliphatic carbocycles. The van der Waals surface area contributed by atoms with E-state index in [4.69, 9.17) is 9.15 Å². The van der Waals surface area contributed by atoms with Gasteiger partial charge in [-0.25, -0.2) is 0 Å². The van der Waals surface area contributed by atoms with Gasteiger partial charge in [0, 0.05) is 18.1 Å². The topological polar surface area (TPSA) is 22.4 Å². The van der Waals surface area contributed by atoms with Crippen LogP contribution in [0.4, 0.5) is 0 Å². The van der Waals surface area contributed by atoms with Crippen molar-refractivity contribution in [2.24, 2.45) is 0 Å². The lowest BCUT2D eigenvalue weighted by Gasteiger charge is -1.93. The maximum atomic E-state index is 5.61. The quantitative estimate of drug-likeness (QED) is 0.702. The molecule has 1 aromatic heterocycles. The molecule has 2 rings (SSSR count). The van der Waals surface area contributed by atoms with Crippen molar-refractivity contribution in [1.29, 1.82) is 0 Å². The molecule has 0 aliphatic rings. The molecule has 1 heterocycles. The molecule has 1 aromatic carbocycles. The van der Waals surface area contributed by atoms with Gasteiger partial charge in [-0.2, -0.15) is 0 Å². The van der Waals surface area contributed by atoms with Crippen LogP contribution in [0.5, 0.6) is 0 Å². The molecule has 0 saturated carbocycles. The molecular weight excluding hydrogens is 164 g/mol. The third-order valence-corrected chi connectivity index (χ3v) is 2.22. The van der Waals surface area contributed by atoms with E-state index in [9.17, 15) is 0 Å². The summed E-state index contributed by atoms with van der Waals surface area (Å²) in [4.78, 5) is 0. The Morgan fingerprint density at radius 1 is 1.31 bits per heavy atom. The predicted molar refractivity (Wildman–Crippen MR) is 51.7 cm³/mol. The van der Waals surface area contributed by atoms with Crippen LogP contribution >= 0.6 is 0 Å². The number of benzene rings is 1. The Morgan fingerprint density at radius 2 is 2.08 bits per heavy atom. The lowest BCUT2D eigenvalue weighted by molar-refractivity contribution is 0.165. The van der Waals surface area contributed by atoms with Gasteiger partial charge in [-0.15, -0.1) is 0 Å². The van der Waals surface area contributed by atoms with E-state index in [2.05, 4.69) is 13.0 Å². The number of fused-ring (bicyclic) bond motifs is 1. The number of hydrogen-bond acceptors (Lipinski definition) is 2. The fourth-order valence-electron chi connectivity index (χ4n) is 1.49. The highest BCUT2D eigenvalue weighted by Gasteiger charge is 2.08. The molecule has 2 aromatic rings. The molecular formula is C11H12O2. The Hall–Kier alpha value is -1.28. The number of methoxy groups -OCH3 is 1. The molecule has 0 atom stereocenters. The molecule has 0 N–H and O–H groups in total. The van der Waals surface area contributed by atoms with E-state index in [0.717, 1.165) is 11.3 Å². The van der Waals surface area contributed by atoms with Gasteiger partial charge >= 0.3 is 0 Å². The number of rotatable bonds is 2. The second-order valence-corrected chi connectivity index (χ2v) is 3.08. The van der Waals surface area contributed by atoms with Crippen LogP contribution in [0.1, 0.15) is 11.3 Å². The molecule has 0 unspecified atom stereocenters. The summed E-state index contributed by atoms with van der Waals surface area (Å²) in [6.45, 7) is 2.60. The first-order valence-electron chi connectivity index (χ1n) is 4.29. The molecule has 2 heteroatoms. The second kappa shape index (κ2) is 3.23. The van der Waals surface area contributed by atoms with Gasteiger partial charge in [0.1, 0.15) is 18.0 Å². The maximum absolute atomic E-state index is 5.61. The van der Waals surface area contributed by atoms with Crippen molar-refractivity contribution in [3.63, 3.8) is 0 Å². The standard InChI is InChI=1S/C11H12O2/c1-8-9-5-3-4-6-10(9)13-11(8)7-12-2/h3-6H,7H2,1-2H3. The van der Waals surface area contributed by atoms with E-state index in [1.165, 1.54) is 10.9 Å². The predicted octanol–water partition coefficient (Wildman–Crippen LogP) is 2.89. The summed E-state index contributed by atoms with van der Waals surface area (Å²) in [5.74, 6) is 0.920. The van der Waals surface area contributed by atoms with Gasteiger partial charge in [0.15, 0.2) is 0 Å². The molecule has 0 aliphatic heterocycles. The van der Waals surface area contributed by atoms with E-state index in [1.807, 2.05) is 18.2 Å². The van der Waals surface area contributed by atoms with Crippen LogP contribution < -0.4 is 0 Å². The fraction of sp³-hybridized carbons (Fsp3) is 0.273. The van der Waals surface area contributed by atoms with E-state index < -0.39 is 0 Å². The minimum absolute atomic E-state index is 0.542. The van der Waals surface area contributed by atoms with E-state index in [1.54, 1.807) is 7.11 Å². The summed E-state index contributed by atoms with van der Waals surface area (Å²) in [6, 6.07) is 8.03. The average Bonchev–Trinajstić information content (AvgIpc) is 2.46. The first-order valence-corrected chi connectivity index (χ1v) is 4.29. The molecule has 13 heavy (non-hydrogen) atoms. The molecule has 2 nitrogen and oxygen atoms in total. The molecule has 0 saturated heterocycles.